The molecule has 3 rings (SSSR count). The second-order valence-corrected chi connectivity index (χ2v) is 5.99. The molecule has 4 nitrogen and oxygen atoms in total. The number of hydrogen-bond acceptors (Lipinski definition) is 2. The maximum Gasteiger partial charge on any atom is 0.272 e. The van der Waals surface area contributed by atoms with Crippen LogP contribution in [0.4, 0.5) is 5.69 Å². The van der Waals surface area contributed by atoms with Gasteiger partial charge in [0, 0.05) is 29.3 Å². The molecule has 0 aliphatic carbocycles. The SMILES string of the molecule is Cn1cc(Cl)cc1C(=O)Nc1cccc2cc(Br)cnc12. The van der Waals surface area contributed by atoms with Gasteiger partial charge in [-0.1, -0.05) is 23.7 Å². The lowest BCUT2D eigenvalue weighted by molar-refractivity contribution is 0.101. The second kappa shape index (κ2) is 5.50. The van der Waals surface area contributed by atoms with Crippen LogP contribution >= 0.6 is 27.5 Å². The minimum absolute atomic E-state index is 0.221. The Labute approximate surface area is 134 Å². The molecule has 0 spiro atoms. The van der Waals surface area contributed by atoms with Gasteiger partial charge < -0.3 is 9.88 Å². The van der Waals surface area contributed by atoms with Crippen LogP contribution in [-0.2, 0) is 7.05 Å². The molecular weight excluding hydrogens is 354 g/mol. The molecular formula is C15H11BrClN3O. The third kappa shape index (κ3) is 2.80. The smallest absolute Gasteiger partial charge is 0.272 e. The van der Waals surface area contributed by atoms with Crippen molar-refractivity contribution >= 4 is 50.0 Å². The largest absolute Gasteiger partial charge is 0.345 e. The van der Waals surface area contributed by atoms with Crippen LogP contribution < -0.4 is 5.32 Å². The topological polar surface area (TPSA) is 46.9 Å². The van der Waals surface area contributed by atoms with E-state index >= 15 is 0 Å². The molecule has 6 heteroatoms. The molecule has 0 fully saturated rings. The van der Waals surface area contributed by atoms with Gasteiger partial charge in [0.15, 0.2) is 0 Å². The first-order valence-corrected chi connectivity index (χ1v) is 7.39. The van der Waals surface area contributed by atoms with Gasteiger partial charge in [-0.25, -0.2) is 0 Å². The molecule has 1 amide bonds. The van der Waals surface area contributed by atoms with E-state index in [9.17, 15) is 4.79 Å². The summed E-state index contributed by atoms with van der Waals surface area (Å²) in [5.41, 5.74) is 1.91. The summed E-state index contributed by atoms with van der Waals surface area (Å²) in [5, 5.41) is 4.36. The van der Waals surface area contributed by atoms with Crippen molar-refractivity contribution in [2.75, 3.05) is 5.32 Å². The Kier molecular flexibility index (Phi) is 3.69. The van der Waals surface area contributed by atoms with Crippen molar-refractivity contribution in [1.29, 1.82) is 0 Å². The van der Waals surface area contributed by atoms with Crippen LogP contribution in [0.15, 0.2) is 47.2 Å². The number of benzene rings is 1. The number of halogens is 2. The summed E-state index contributed by atoms with van der Waals surface area (Å²) < 4.78 is 2.58. The van der Waals surface area contributed by atoms with Crippen LogP contribution in [0.25, 0.3) is 10.9 Å². The average Bonchev–Trinajstić information content (AvgIpc) is 2.77. The quantitative estimate of drug-likeness (QED) is 0.739. The number of para-hydroxylation sites is 1. The number of amides is 1. The van der Waals surface area contributed by atoms with E-state index < -0.39 is 0 Å². The number of nitrogens with one attached hydrogen (secondary N) is 1. The predicted molar refractivity (Wildman–Crippen MR) is 87.8 cm³/mol. The first kappa shape index (κ1) is 14.1. The maximum atomic E-state index is 12.3. The summed E-state index contributed by atoms with van der Waals surface area (Å²) in [6, 6.07) is 9.24. The molecule has 0 saturated heterocycles. The van der Waals surface area contributed by atoms with Gasteiger partial charge >= 0.3 is 0 Å². The summed E-state index contributed by atoms with van der Waals surface area (Å²) >= 11 is 9.30. The van der Waals surface area contributed by atoms with E-state index in [1.54, 1.807) is 30.1 Å². The van der Waals surface area contributed by atoms with Crippen LogP contribution in [0.1, 0.15) is 10.5 Å². The molecule has 0 aliphatic heterocycles. The van der Waals surface area contributed by atoms with Gasteiger partial charge in [0.25, 0.3) is 5.91 Å². The van der Waals surface area contributed by atoms with Crippen molar-refractivity contribution in [3.8, 4) is 0 Å². The number of aryl methyl sites for hydroxylation is 1. The fraction of sp³-hybridized carbons (Fsp3) is 0.0667. The first-order chi connectivity index (χ1) is 10.0. The molecule has 0 atom stereocenters. The van der Waals surface area contributed by atoms with Crippen molar-refractivity contribution in [2.45, 2.75) is 0 Å². The number of anilines is 1. The van der Waals surface area contributed by atoms with E-state index in [2.05, 4.69) is 26.2 Å². The molecule has 21 heavy (non-hydrogen) atoms. The predicted octanol–water partition coefficient (Wildman–Crippen LogP) is 4.24. The summed E-state index contributed by atoms with van der Waals surface area (Å²) in [5.74, 6) is -0.221. The zero-order valence-corrected chi connectivity index (χ0v) is 13.4. The molecule has 0 radical (unpaired) electrons. The fourth-order valence-electron chi connectivity index (χ4n) is 2.17. The molecule has 1 N–H and O–H groups in total. The Morgan fingerprint density at radius 2 is 2.19 bits per heavy atom. The lowest BCUT2D eigenvalue weighted by Crippen LogP contribution is -2.15. The molecule has 2 aromatic heterocycles. The second-order valence-electron chi connectivity index (χ2n) is 4.64. The van der Waals surface area contributed by atoms with Crippen molar-refractivity contribution in [3.05, 3.63) is 57.9 Å². The number of carbonyl (C=O) groups excluding carboxylic acids is 1. The third-order valence-corrected chi connectivity index (χ3v) is 3.77. The number of nitrogens with zero attached hydrogens (tertiary/aromatic N) is 2. The number of hydrogen-bond donors (Lipinski definition) is 1. The minimum Gasteiger partial charge on any atom is -0.345 e. The number of carbonyl (C=O) groups is 1. The minimum atomic E-state index is -0.221. The van der Waals surface area contributed by atoms with Crippen LogP contribution in [0.5, 0.6) is 0 Å². The summed E-state index contributed by atoms with van der Waals surface area (Å²) in [4.78, 5) is 16.7. The fourth-order valence-corrected chi connectivity index (χ4v) is 2.77. The first-order valence-electron chi connectivity index (χ1n) is 6.22. The number of aromatic nitrogens is 2. The number of pyridine rings is 1. The van der Waals surface area contributed by atoms with Gasteiger partial charge in [0.1, 0.15) is 5.69 Å². The van der Waals surface area contributed by atoms with Crippen molar-refractivity contribution < 1.29 is 4.79 Å². The van der Waals surface area contributed by atoms with Crippen molar-refractivity contribution in [1.82, 2.24) is 9.55 Å². The molecule has 0 bridgehead atoms. The van der Waals surface area contributed by atoms with E-state index in [1.165, 1.54) is 0 Å². The molecule has 1 aromatic carbocycles. The van der Waals surface area contributed by atoms with Crippen LogP contribution in [0.2, 0.25) is 5.02 Å². The molecule has 0 saturated carbocycles. The summed E-state index contributed by atoms with van der Waals surface area (Å²) in [7, 11) is 1.78. The van der Waals surface area contributed by atoms with E-state index in [1.807, 2.05) is 24.3 Å². The Morgan fingerprint density at radius 3 is 2.90 bits per heavy atom. The highest BCUT2D eigenvalue weighted by Crippen LogP contribution is 2.24. The highest BCUT2D eigenvalue weighted by Gasteiger charge is 2.13. The van der Waals surface area contributed by atoms with Crippen LogP contribution in [0, 0.1) is 0 Å². The highest BCUT2D eigenvalue weighted by molar-refractivity contribution is 9.10. The molecule has 106 valence electrons. The van der Waals surface area contributed by atoms with E-state index in [0.717, 1.165) is 15.4 Å². The number of rotatable bonds is 2. The Morgan fingerprint density at radius 1 is 1.38 bits per heavy atom. The maximum absolute atomic E-state index is 12.3. The lowest BCUT2D eigenvalue weighted by atomic mass is 10.2. The van der Waals surface area contributed by atoms with E-state index in [4.69, 9.17) is 11.6 Å². The van der Waals surface area contributed by atoms with Crippen molar-refractivity contribution in [3.63, 3.8) is 0 Å². The van der Waals surface area contributed by atoms with Gasteiger partial charge in [-0.15, -0.1) is 0 Å². The zero-order chi connectivity index (χ0) is 15.0. The summed E-state index contributed by atoms with van der Waals surface area (Å²) in [6.07, 6.45) is 3.40. The van der Waals surface area contributed by atoms with Gasteiger partial charge in [0.2, 0.25) is 0 Å². The summed E-state index contributed by atoms with van der Waals surface area (Å²) in [6.45, 7) is 0. The molecule has 0 unspecified atom stereocenters. The molecule has 0 aliphatic rings. The number of fused-ring (bicyclic) bond motifs is 1. The standard InChI is InChI=1S/C15H11BrClN3O/c1-20-8-11(17)6-13(20)15(21)19-12-4-2-3-9-5-10(16)7-18-14(9)12/h2-8H,1H3,(H,19,21). The van der Waals surface area contributed by atoms with Crippen LogP contribution in [-0.4, -0.2) is 15.5 Å². The average molecular weight is 365 g/mol. The normalized spacial score (nSPS) is 10.8. The Bertz CT molecular complexity index is 844. The monoisotopic (exact) mass is 363 g/mol. The van der Waals surface area contributed by atoms with Gasteiger partial charge in [0.05, 0.1) is 16.2 Å². The molecule has 3 aromatic rings. The van der Waals surface area contributed by atoms with Gasteiger partial charge in [-0.05, 0) is 34.1 Å². The van der Waals surface area contributed by atoms with Crippen molar-refractivity contribution in [2.24, 2.45) is 7.05 Å². The molecule has 2 heterocycles. The Hall–Kier alpha value is -1.85. The van der Waals surface area contributed by atoms with E-state index in [0.29, 0.717) is 16.4 Å². The third-order valence-electron chi connectivity index (χ3n) is 3.13. The Balaban J connectivity index is 1.98. The highest BCUT2D eigenvalue weighted by atomic mass is 79.9. The van der Waals surface area contributed by atoms with Gasteiger partial charge in [-0.3, -0.25) is 9.78 Å². The zero-order valence-electron chi connectivity index (χ0n) is 11.1. The van der Waals surface area contributed by atoms with Gasteiger partial charge in [-0.2, -0.15) is 0 Å². The lowest BCUT2D eigenvalue weighted by Gasteiger charge is -2.08. The van der Waals surface area contributed by atoms with Crippen LogP contribution in [0.3, 0.4) is 0 Å². The van der Waals surface area contributed by atoms with E-state index in [-0.39, 0.29) is 5.91 Å².